The van der Waals surface area contributed by atoms with E-state index in [1.165, 1.54) is 11.3 Å². The van der Waals surface area contributed by atoms with E-state index in [4.69, 9.17) is 9.16 Å². The summed E-state index contributed by atoms with van der Waals surface area (Å²) in [5.41, 5.74) is 3.21. The Morgan fingerprint density at radius 1 is 0.971 bits per heavy atom. The van der Waals surface area contributed by atoms with Crippen molar-refractivity contribution in [2.45, 2.75) is 45.5 Å². The van der Waals surface area contributed by atoms with Crippen LogP contribution in [0.15, 0.2) is 60.7 Å². The van der Waals surface area contributed by atoms with Gasteiger partial charge in [0, 0.05) is 35.8 Å². The molecule has 0 atom stereocenters. The standard InChI is InChI=1S/C29H37NO3SSi/c1-29(2,3)35(5,6)33-19-18-30(4)25-14-12-24(13-15-26-16-17-27(21-31)34-26)28(20-25)32-22-23-10-8-7-9-11-23/h7-17,20-21H,18-19,22H2,1-6H3/b15-13+. The topological polar surface area (TPSA) is 38.8 Å². The molecule has 1 aromatic heterocycles. The first kappa shape index (κ1) is 26.9. The van der Waals surface area contributed by atoms with Crippen LogP contribution in [0.5, 0.6) is 5.75 Å². The molecule has 0 amide bonds. The van der Waals surface area contributed by atoms with E-state index >= 15 is 0 Å². The number of hydrogen-bond donors (Lipinski definition) is 0. The van der Waals surface area contributed by atoms with Crippen LogP contribution in [-0.2, 0) is 11.0 Å². The Balaban J connectivity index is 1.76. The van der Waals surface area contributed by atoms with Crippen LogP contribution in [0.2, 0.25) is 18.1 Å². The molecular weight excluding hydrogens is 470 g/mol. The summed E-state index contributed by atoms with van der Waals surface area (Å²) in [5.74, 6) is 0.826. The molecule has 4 nitrogen and oxygen atoms in total. The molecule has 0 aliphatic heterocycles. The third-order valence-electron chi connectivity index (χ3n) is 6.56. The third-order valence-corrected chi connectivity index (χ3v) is 12.1. The van der Waals surface area contributed by atoms with E-state index in [-0.39, 0.29) is 5.04 Å². The van der Waals surface area contributed by atoms with E-state index in [0.717, 1.165) is 45.1 Å². The van der Waals surface area contributed by atoms with Crippen LogP contribution < -0.4 is 9.64 Å². The van der Waals surface area contributed by atoms with Gasteiger partial charge in [-0.15, -0.1) is 11.3 Å². The minimum atomic E-state index is -1.77. The van der Waals surface area contributed by atoms with Crippen LogP contribution in [-0.4, -0.2) is 34.8 Å². The summed E-state index contributed by atoms with van der Waals surface area (Å²) in [7, 11) is 0.323. The zero-order chi connectivity index (χ0) is 25.5. The van der Waals surface area contributed by atoms with E-state index in [0.29, 0.717) is 13.2 Å². The minimum absolute atomic E-state index is 0.201. The fraction of sp³-hybridized carbons (Fsp3) is 0.345. The van der Waals surface area contributed by atoms with Gasteiger partial charge in [0.05, 0.1) is 11.5 Å². The molecule has 186 valence electrons. The Hall–Kier alpha value is -2.67. The summed E-state index contributed by atoms with van der Waals surface area (Å²) in [6.45, 7) is 13.4. The van der Waals surface area contributed by atoms with Crippen molar-refractivity contribution in [2.75, 3.05) is 25.1 Å². The van der Waals surface area contributed by atoms with Crippen molar-refractivity contribution < 1.29 is 14.0 Å². The molecule has 0 bridgehead atoms. The largest absolute Gasteiger partial charge is 0.488 e. The first-order valence-corrected chi connectivity index (χ1v) is 15.7. The predicted octanol–water partition coefficient (Wildman–Crippen LogP) is 7.77. The second kappa shape index (κ2) is 11.8. The first-order chi connectivity index (χ1) is 16.6. The lowest BCUT2D eigenvalue weighted by Crippen LogP contribution is -2.42. The Kier molecular flexibility index (Phi) is 9.11. The molecule has 1 heterocycles. The maximum absolute atomic E-state index is 11.0. The Labute approximate surface area is 215 Å². The average Bonchev–Trinajstić information content (AvgIpc) is 3.29. The highest BCUT2D eigenvalue weighted by Crippen LogP contribution is 2.36. The molecule has 3 aromatic rings. The zero-order valence-corrected chi connectivity index (χ0v) is 23.5. The van der Waals surface area contributed by atoms with Crippen LogP contribution in [0.4, 0.5) is 5.69 Å². The molecule has 0 radical (unpaired) electrons. The molecule has 0 aliphatic carbocycles. The number of hydrogen-bond acceptors (Lipinski definition) is 5. The van der Waals surface area contributed by atoms with Crippen LogP contribution in [0.25, 0.3) is 12.2 Å². The zero-order valence-electron chi connectivity index (χ0n) is 21.7. The maximum Gasteiger partial charge on any atom is 0.192 e. The van der Waals surface area contributed by atoms with Crippen molar-refractivity contribution in [2.24, 2.45) is 0 Å². The number of ether oxygens (including phenoxy) is 1. The van der Waals surface area contributed by atoms with Crippen LogP contribution >= 0.6 is 11.3 Å². The van der Waals surface area contributed by atoms with Crippen LogP contribution in [0.1, 0.15) is 46.4 Å². The summed E-state index contributed by atoms with van der Waals surface area (Å²) in [5, 5.41) is 0.201. The molecule has 2 aromatic carbocycles. The number of anilines is 1. The normalized spacial score (nSPS) is 12.2. The van der Waals surface area contributed by atoms with E-state index in [1.54, 1.807) is 0 Å². The van der Waals surface area contributed by atoms with E-state index in [1.807, 2.05) is 42.5 Å². The number of nitrogens with zero attached hydrogens (tertiary/aromatic N) is 1. The molecule has 0 saturated heterocycles. The third kappa shape index (κ3) is 7.66. The number of likely N-dealkylation sites (N-methyl/N-ethyl adjacent to an activating group) is 1. The molecule has 3 rings (SSSR count). The van der Waals surface area contributed by atoms with Crippen molar-refractivity contribution in [1.29, 1.82) is 0 Å². The highest BCUT2D eigenvalue weighted by atomic mass is 32.1. The molecule has 0 aliphatic rings. The van der Waals surface area contributed by atoms with Gasteiger partial charge < -0.3 is 14.1 Å². The summed E-state index contributed by atoms with van der Waals surface area (Å²) in [6, 6.07) is 20.3. The minimum Gasteiger partial charge on any atom is -0.488 e. The monoisotopic (exact) mass is 507 g/mol. The fourth-order valence-electron chi connectivity index (χ4n) is 3.24. The van der Waals surface area contributed by atoms with Gasteiger partial charge in [-0.1, -0.05) is 51.1 Å². The van der Waals surface area contributed by atoms with Gasteiger partial charge >= 0.3 is 0 Å². The highest BCUT2D eigenvalue weighted by Gasteiger charge is 2.36. The first-order valence-electron chi connectivity index (χ1n) is 12.0. The number of rotatable bonds is 11. The number of aldehydes is 1. The second-order valence-electron chi connectivity index (χ2n) is 10.2. The van der Waals surface area contributed by atoms with Crippen molar-refractivity contribution in [3.63, 3.8) is 0 Å². The van der Waals surface area contributed by atoms with Crippen molar-refractivity contribution in [3.8, 4) is 5.75 Å². The molecule has 0 unspecified atom stereocenters. The summed E-state index contributed by atoms with van der Waals surface area (Å²) >= 11 is 1.47. The van der Waals surface area contributed by atoms with Gasteiger partial charge in [-0.2, -0.15) is 0 Å². The Bertz CT molecular complexity index is 1130. The van der Waals surface area contributed by atoms with E-state index < -0.39 is 8.32 Å². The SMILES string of the molecule is CN(CCO[Si](C)(C)C(C)(C)C)c1ccc(/C=C/c2ccc(C=O)s2)c(OCc2ccccc2)c1. The Morgan fingerprint density at radius 2 is 1.69 bits per heavy atom. The lowest BCUT2D eigenvalue weighted by atomic mass is 10.1. The van der Waals surface area contributed by atoms with Gasteiger partial charge in [-0.05, 0) is 60.1 Å². The van der Waals surface area contributed by atoms with E-state index in [2.05, 4.69) is 76.1 Å². The lowest BCUT2D eigenvalue weighted by molar-refractivity contribution is 0.112. The quantitative estimate of drug-likeness (QED) is 0.196. The van der Waals surface area contributed by atoms with Crippen LogP contribution in [0.3, 0.4) is 0 Å². The van der Waals surface area contributed by atoms with Crippen LogP contribution in [0, 0.1) is 0 Å². The van der Waals surface area contributed by atoms with Crippen molar-refractivity contribution in [1.82, 2.24) is 0 Å². The second-order valence-corrected chi connectivity index (χ2v) is 16.2. The van der Waals surface area contributed by atoms with Gasteiger partial charge in [0.25, 0.3) is 0 Å². The number of benzene rings is 2. The number of carbonyl (C=O) groups is 1. The average molecular weight is 508 g/mol. The van der Waals surface area contributed by atoms with E-state index in [9.17, 15) is 4.79 Å². The lowest BCUT2D eigenvalue weighted by Gasteiger charge is -2.36. The number of carbonyl (C=O) groups excluding carboxylic acids is 1. The molecular formula is C29H37NO3SSi. The molecule has 0 saturated carbocycles. The highest BCUT2D eigenvalue weighted by molar-refractivity contribution is 7.14. The smallest absolute Gasteiger partial charge is 0.192 e. The summed E-state index contributed by atoms with van der Waals surface area (Å²) < 4.78 is 12.7. The molecule has 0 fully saturated rings. The summed E-state index contributed by atoms with van der Waals surface area (Å²) in [6.07, 6.45) is 4.96. The van der Waals surface area contributed by atoms with Crippen molar-refractivity contribution in [3.05, 3.63) is 81.5 Å². The predicted molar refractivity (Wildman–Crippen MR) is 152 cm³/mol. The maximum atomic E-state index is 11.0. The van der Waals surface area contributed by atoms with Gasteiger partial charge in [0.15, 0.2) is 14.6 Å². The fourth-order valence-corrected chi connectivity index (χ4v) is 5.00. The summed E-state index contributed by atoms with van der Waals surface area (Å²) in [4.78, 5) is 15.0. The Morgan fingerprint density at radius 3 is 2.34 bits per heavy atom. The van der Waals surface area contributed by atoms with Gasteiger partial charge in [-0.3, -0.25) is 4.79 Å². The van der Waals surface area contributed by atoms with Gasteiger partial charge in [-0.25, -0.2) is 0 Å². The molecule has 6 heteroatoms. The van der Waals surface area contributed by atoms with Gasteiger partial charge in [0.2, 0.25) is 0 Å². The number of thiophene rings is 1. The van der Waals surface area contributed by atoms with Gasteiger partial charge in [0.1, 0.15) is 12.4 Å². The molecule has 0 N–H and O–H groups in total. The molecule has 35 heavy (non-hydrogen) atoms. The molecule has 0 spiro atoms. The van der Waals surface area contributed by atoms with Crippen molar-refractivity contribution >= 4 is 43.8 Å².